The largest absolute Gasteiger partial charge is 0.478 e. The van der Waals surface area contributed by atoms with E-state index >= 15 is 0 Å². The van der Waals surface area contributed by atoms with Crippen molar-refractivity contribution in [1.29, 1.82) is 0 Å². The molecule has 30 heavy (non-hydrogen) atoms. The molecular formula is C26H18O4. The average molecular weight is 394 g/mol. The maximum atomic E-state index is 11.2. The highest BCUT2D eigenvalue weighted by molar-refractivity contribution is 5.94. The lowest BCUT2D eigenvalue weighted by atomic mass is 9.89. The molecule has 0 aliphatic carbocycles. The van der Waals surface area contributed by atoms with E-state index < -0.39 is 11.9 Å². The first-order valence-corrected chi connectivity index (χ1v) is 9.40. The van der Waals surface area contributed by atoms with Crippen molar-refractivity contribution in [2.45, 2.75) is 0 Å². The van der Waals surface area contributed by atoms with Gasteiger partial charge in [-0.3, -0.25) is 0 Å². The first-order valence-electron chi connectivity index (χ1n) is 9.40. The van der Waals surface area contributed by atoms with Gasteiger partial charge in [0.1, 0.15) is 0 Å². The van der Waals surface area contributed by atoms with Crippen molar-refractivity contribution in [2.75, 3.05) is 0 Å². The maximum Gasteiger partial charge on any atom is 0.335 e. The molecule has 0 fully saturated rings. The number of hydrogen-bond acceptors (Lipinski definition) is 2. The molecule has 0 radical (unpaired) electrons. The molecule has 0 aliphatic rings. The van der Waals surface area contributed by atoms with E-state index in [1.165, 1.54) is 0 Å². The number of carboxylic acid groups (broad SMARTS) is 2. The van der Waals surface area contributed by atoms with Gasteiger partial charge in [0.15, 0.2) is 0 Å². The van der Waals surface area contributed by atoms with Gasteiger partial charge < -0.3 is 10.2 Å². The zero-order chi connectivity index (χ0) is 21.1. The van der Waals surface area contributed by atoms with Crippen LogP contribution in [0, 0.1) is 0 Å². The molecule has 0 bridgehead atoms. The minimum Gasteiger partial charge on any atom is -0.478 e. The summed E-state index contributed by atoms with van der Waals surface area (Å²) in [4.78, 5) is 22.3. The van der Waals surface area contributed by atoms with Gasteiger partial charge >= 0.3 is 11.9 Å². The Morgan fingerprint density at radius 1 is 0.433 bits per heavy atom. The van der Waals surface area contributed by atoms with Crippen LogP contribution in [0.5, 0.6) is 0 Å². The second kappa shape index (κ2) is 8.05. The lowest BCUT2D eigenvalue weighted by Crippen LogP contribution is -1.96. The van der Waals surface area contributed by atoms with Crippen molar-refractivity contribution in [1.82, 2.24) is 0 Å². The summed E-state index contributed by atoms with van der Waals surface area (Å²) >= 11 is 0. The number of hydrogen-bond donors (Lipinski definition) is 2. The van der Waals surface area contributed by atoms with Crippen LogP contribution < -0.4 is 0 Å². The molecule has 0 saturated carbocycles. The van der Waals surface area contributed by atoms with Gasteiger partial charge in [-0.15, -0.1) is 0 Å². The van der Waals surface area contributed by atoms with Gasteiger partial charge in [-0.05, 0) is 57.6 Å². The van der Waals surface area contributed by atoms with Gasteiger partial charge in [0.05, 0.1) is 11.1 Å². The number of carboxylic acids is 2. The fourth-order valence-corrected chi connectivity index (χ4v) is 3.52. The van der Waals surface area contributed by atoms with E-state index in [4.69, 9.17) is 10.2 Å². The summed E-state index contributed by atoms with van der Waals surface area (Å²) < 4.78 is 0. The Bertz CT molecular complexity index is 1120. The van der Waals surface area contributed by atoms with E-state index in [0.717, 1.165) is 33.4 Å². The normalized spacial score (nSPS) is 10.5. The van der Waals surface area contributed by atoms with E-state index in [-0.39, 0.29) is 11.1 Å². The summed E-state index contributed by atoms with van der Waals surface area (Å²) in [6.07, 6.45) is 0. The molecule has 0 spiro atoms. The van der Waals surface area contributed by atoms with Crippen LogP contribution in [-0.2, 0) is 0 Å². The molecule has 0 heterocycles. The lowest BCUT2D eigenvalue weighted by molar-refractivity contribution is 0.0686. The van der Waals surface area contributed by atoms with Crippen molar-refractivity contribution in [3.63, 3.8) is 0 Å². The van der Waals surface area contributed by atoms with Crippen LogP contribution in [-0.4, -0.2) is 22.2 Å². The number of carbonyl (C=O) groups is 2. The van der Waals surface area contributed by atoms with Crippen molar-refractivity contribution in [2.24, 2.45) is 0 Å². The molecule has 4 aromatic rings. The number of rotatable bonds is 5. The lowest BCUT2D eigenvalue weighted by Gasteiger charge is -2.15. The molecule has 0 amide bonds. The Kier molecular flexibility index (Phi) is 5.14. The van der Waals surface area contributed by atoms with Crippen LogP contribution >= 0.6 is 0 Å². The molecule has 2 N–H and O–H groups in total. The standard InChI is InChI=1S/C26H18O4/c27-25(28)19-13-9-17(10-14-19)21-5-1-3-7-23(21)24-8-4-2-6-22(24)18-11-15-20(16-12-18)26(29)30/h1-16H,(H,27,28)(H,29,30). The smallest absolute Gasteiger partial charge is 0.335 e. The van der Waals surface area contributed by atoms with Gasteiger partial charge in [-0.25, -0.2) is 9.59 Å². The Balaban J connectivity index is 1.83. The maximum absolute atomic E-state index is 11.2. The van der Waals surface area contributed by atoms with Gasteiger partial charge in [0.25, 0.3) is 0 Å². The van der Waals surface area contributed by atoms with E-state index in [9.17, 15) is 9.59 Å². The zero-order valence-electron chi connectivity index (χ0n) is 15.9. The summed E-state index contributed by atoms with van der Waals surface area (Å²) in [5.41, 5.74) is 6.34. The van der Waals surface area contributed by atoms with Crippen molar-refractivity contribution in [3.05, 3.63) is 108 Å². The van der Waals surface area contributed by atoms with Crippen LogP contribution in [0.2, 0.25) is 0 Å². The van der Waals surface area contributed by atoms with E-state index in [2.05, 4.69) is 0 Å². The van der Waals surface area contributed by atoms with Crippen molar-refractivity contribution >= 4 is 11.9 Å². The molecule has 0 saturated heterocycles. The Morgan fingerprint density at radius 2 is 0.733 bits per heavy atom. The van der Waals surface area contributed by atoms with Crippen LogP contribution in [0.15, 0.2) is 97.1 Å². The molecule has 4 nitrogen and oxygen atoms in total. The SMILES string of the molecule is O=C(O)c1ccc(-c2ccccc2-c2ccccc2-c2ccc(C(=O)O)cc2)cc1. The third kappa shape index (κ3) is 3.71. The minimum atomic E-state index is -0.954. The van der Waals surface area contributed by atoms with E-state index in [0.29, 0.717) is 0 Å². The number of aromatic carboxylic acids is 2. The molecule has 146 valence electrons. The zero-order valence-corrected chi connectivity index (χ0v) is 15.9. The highest BCUT2D eigenvalue weighted by Gasteiger charge is 2.13. The summed E-state index contributed by atoms with van der Waals surface area (Å²) in [6.45, 7) is 0. The molecule has 4 rings (SSSR count). The summed E-state index contributed by atoms with van der Waals surface area (Å²) in [5.74, 6) is -1.91. The average Bonchev–Trinajstić information content (AvgIpc) is 2.79. The quantitative estimate of drug-likeness (QED) is 0.430. The van der Waals surface area contributed by atoms with Gasteiger partial charge in [0.2, 0.25) is 0 Å². The summed E-state index contributed by atoms with van der Waals surface area (Å²) in [5, 5.41) is 18.3. The molecule has 0 aliphatic heterocycles. The fraction of sp³-hybridized carbons (Fsp3) is 0. The third-order valence-electron chi connectivity index (χ3n) is 5.03. The second-order valence-electron chi connectivity index (χ2n) is 6.86. The third-order valence-corrected chi connectivity index (χ3v) is 5.03. The van der Waals surface area contributed by atoms with E-state index in [1.54, 1.807) is 24.3 Å². The molecule has 0 aromatic heterocycles. The predicted octanol–water partition coefficient (Wildman–Crippen LogP) is 6.08. The monoisotopic (exact) mass is 394 g/mol. The van der Waals surface area contributed by atoms with Crippen LogP contribution in [0.25, 0.3) is 33.4 Å². The van der Waals surface area contributed by atoms with Crippen LogP contribution in [0.1, 0.15) is 20.7 Å². The molecule has 4 heteroatoms. The Hall–Kier alpha value is -4.18. The topological polar surface area (TPSA) is 74.6 Å². The fourth-order valence-electron chi connectivity index (χ4n) is 3.52. The van der Waals surface area contributed by atoms with Gasteiger partial charge in [0, 0.05) is 0 Å². The minimum absolute atomic E-state index is 0.246. The summed E-state index contributed by atoms with van der Waals surface area (Å²) in [7, 11) is 0. The van der Waals surface area contributed by atoms with E-state index in [1.807, 2.05) is 72.8 Å². The first kappa shape index (κ1) is 19.2. The second-order valence-corrected chi connectivity index (χ2v) is 6.86. The highest BCUT2D eigenvalue weighted by atomic mass is 16.4. The first-order chi connectivity index (χ1) is 14.5. The van der Waals surface area contributed by atoms with Crippen LogP contribution in [0.3, 0.4) is 0 Å². The van der Waals surface area contributed by atoms with Gasteiger partial charge in [-0.1, -0.05) is 72.8 Å². The molecular weight excluding hydrogens is 376 g/mol. The van der Waals surface area contributed by atoms with Crippen LogP contribution in [0.4, 0.5) is 0 Å². The molecule has 0 unspecified atom stereocenters. The Labute approximate surface area is 173 Å². The molecule has 0 atom stereocenters. The molecule has 4 aromatic carbocycles. The summed E-state index contributed by atoms with van der Waals surface area (Å²) in [6, 6.07) is 29.6. The highest BCUT2D eigenvalue weighted by Crippen LogP contribution is 2.38. The predicted molar refractivity (Wildman–Crippen MR) is 117 cm³/mol. The Morgan fingerprint density at radius 3 is 1.03 bits per heavy atom. The van der Waals surface area contributed by atoms with Crippen molar-refractivity contribution < 1.29 is 19.8 Å². The van der Waals surface area contributed by atoms with Gasteiger partial charge in [-0.2, -0.15) is 0 Å². The van der Waals surface area contributed by atoms with Crippen molar-refractivity contribution in [3.8, 4) is 33.4 Å². The number of benzene rings is 4.